The largest absolute Gasteiger partial charge is 0.416 e. The summed E-state index contributed by atoms with van der Waals surface area (Å²) < 4.78 is 53.2. The van der Waals surface area contributed by atoms with Gasteiger partial charge in [0, 0.05) is 75.4 Å². The Morgan fingerprint density at radius 2 is 1.97 bits per heavy atom. The number of nitrogens with zero attached hydrogens (tertiary/aromatic N) is 2. The van der Waals surface area contributed by atoms with Gasteiger partial charge in [-0.25, -0.2) is 0 Å². The van der Waals surface area contributed by atoms with Gasteiger partial charge in [0.15, 0.2) is 0 Å². The number of carbonyl (C=O) groups is 1. The van der Waals surface area contributed by atoms with Crippen LogP contribution in [0.1, 0.15) is 56.3 Å². The second-order valence-electron chi connectivity index (χ2n) is 11.3. The number of hydrogen-bond donors (Lipinski definition) is 1. The van der Waals surface area contributed by atoms with Crippen molar-refractivity contribution in [2.45, 2.75) is 69.5 Å². The maximum absolute atomic E-state index is 13.7. The maximum Gasteiger partial charge on any atom is 0.416 e. The van der Waals surface area contributed by atoms with E-state index in [0.717, 1.165) is 57.4 Å². The van der Waals surface area contributed by atoms with Crippen molar-refractivity contribution in [3.63, 3.8) is 0 Å². The topological polar surface area (TPSA) is 54.0 Å². The molecule has 1 aliphatic carbocycles. The molecule has 1 aromatic rings. The van der Waals surface area contributed by atoms with E-state index >= 15 is 0 Å². The molecule has 2 fully saturated rings. The summed E-state index contributed by atoms with van der Waals surface area (Å²) in [6.45, 7) is 5.15. The minimum atomic E-state index is -4.40. The zero-order valence-electron chi connectivity index (χ0n) is 22.8. The Bertz CT molecular complexity index is 1070. The van der Waals surface area contributed by atoms with Crippen molar-refractivity contribution < 1.29 is 27.4 Å². The Balaban J connectivity index is 1.36. The van der Waals surface area contributed by atoms with Gasteiger partial charge in [-0.05, 0) is 50.3 Å². The number of methoxy groups -OCH3 is 1. The van der Waals surface area contributed by atoms with Crippen molar-refractivity contribution >= 4 is 11.6 Å². The average molecular weight is 548 g/mol. The number of anilines is 1. The summed E-state index contributed by atoms with van der Waals surface area (Å²) in [6.07, 6.45) is 8.02. The molecule has 2 saturated heterocycles. The Kier molecular flexibility index (Phi) is 8.69. The summed E-state index contributed by atoms with van der Waals surface area (Å²) in [5.41, 5.74) is 0.723. The van der Waals surface area contributed by atoms with Crippen LogP contribution in [0.3, 0.4) is 0 Å². The number of rotatable bonds is 7. The summed E-state index contributed by atoms with van der Waals surface area (Å²) in [6, 6.07) is 4.45. The van der Waals surface area contributed by atoms with Gasteiger partial charge in [0.1, 0.15) is 0 Å². The summed E-state index contributed by atoms with van der Waals surface area (Å²) >= 11 is 0. The number of nitrogens with one attached hydrogen (secondary N) is 1. The Hall–Kier alpha value is -2.36. The van der Waals surface area contributed by atoms with Gasteiger partial charge in [-0.3, -0.25) is 9.69 Å². The standard InChI is InChI=1S/C30H40F3N3O3/c1-20(37)35-14-12-23(13-15-35)36(16-17-38-2)19-24-9-10-25-28(21-6-4-3-5-7-21)34-27-11-8-22(30(31,32)33)18-26(27)29(25)39-24/h3-6,8,11,18,21,23-25,28-29,34H,7,9-10,12-17,19H2,1-2H3/t21?,24-,25+,28+,29+/m1/s1. The van der Waals surface area contributed by atoms with Crippen LogP contribution in [-0.4, -0.2) is 73.8 Å². The van der Waals surface area contributed by atoms with Crippen LogP contribution in [0.4, 0.5) is 18.9 Å². The van der Waals surface area contributed by atoms with E-state index < -0.39 is 17.8 Å². The molecule has 1 amide bonds. The Morgan fingerprint density at radius 3 is 2.64 bits per heavy atom. The molecule has 214 valence electrons. The van der Waals surface area contributed by atoms with Gasteiger partial charge in [-0.2, -0.15) is 13.2 Å². The van der Waals surface area contributed by atoms with Crippen LogP contribution in [-0.2, 0) is 20.4 Å². The molecule has 0 saturated carbocycles. The number of likely N-dealkylation sites (tertiary alicyclic amines) is 1. The fourth-order valence-corrected chi connectivity index (χ4v) is 6.83. The quantitative estimate of drug-likeness (QED) is 0.494. The lowest BCUT2D eigenvalue weighted by Crippen LogP contribution is -2.52. The molecular formula is C30H40F3N3O3. The molecule has 0 radical (unpaired) electrons. The van der Waals surface area contributed by atoms with Crippen LogP contribution in [0.5, 0.6) is 0 Å². The molecule has 5 rings (SSSR count). The number of alkyl halides is 3. The van der Waals surface area contributed by atoms with E-state index in [1.807, 2.05) is 11.0 Å². The van der Waals surface area contributed by atoms with Crippen LogP contribution >= 0.6 is 0 Å². The molecular weight excluding hydrogens is 507 g/mol. The van der Waals surface area contributed by atoms with Crippen LogP contribution in [0.15, 0.2) is 42.5 Å². The molecule has 39 heavy (non-hydrogen) atoms. The molecule has 1 N–H and O–H groups in total. The molecule has 4 aliphatic rings. The maximum atomic E-state index is 13.7. The highest BCUT2D eigenvalue weighted by atomic mass is 19.4. The zero-order chi connectivity index (χ0) is 27.6. The first kappa shape index (κ1) is 28.2. The molecule has 3 aliphatic heterocycles. The number of piperidine rings is 1. The first-order valence-corrected chi connectivity index (χ1v) is 14.2. The lowest BCUT2D eigenvalue weighted by Gasteiger charge is -2.49. The van der Waals surface area contributed by atoms with E-state index in [4.69, 9.17) is 9.47 Å². The number of carbonyl (C=O) groups excluding carboxylic acids is 1. The average Bonchev–Trinajstić information content (AvgIpc) is 2.94. The Morgan fingerprint density at radius 1 is 1.18 bits per heavy atom. The van der Waals surface area contributed by atoms with Crippen molar-refractivity contribution in [3.8, 4) is 0 Å². The third kappa shape index (κ3) is 6.36. The van der Waals surface area contributed by atoms with Gasteiger partial charge in [-0.1, -0.05) is 24.3 Å². The number of halogens is 3. The summed E-state index contributed by atoms with van der Waals surface area (Å²) in [7, 11) is 1.69. The number of ether oxygens (including phenoxy) is 2. The second-order valence-corrected chi connectivity index (χ2v) is 11.3. The third-order valence-corrected chi connectivity index (χ3v) is 8.94. The summed E-state index contributed by atoms with van der Waals surface area (Å²) in [5.74, 6) is 0.464. The monoisotopic (exact) mass is 547 g/mol. The van der Waals surface area contributed by atoms with Crippen molar-refractivity contribution in [2.75, 3.05) is 45.2 Å². The highest BCUT2D eigenvalue weighted by Gasteiger charge is 2.45. The zero-order valence-corrected chi connectivity index (χ0v) is 22.8. The first-order chi connectivity index (χ1) is 18.7. The van der Waals surface area contributed by atoms with Gasteiger partial charge in [0.05, 0.1) is 24.4 Å². The molecule has 1 aromatic carbocycles. The molecule has 6 nitrogen and oxygen atoms in total. The van der Waals surface area contributed by atoms with Gasteiger partial charge in [0.2, 0.25) is 5.91 Å². The van der Waals surface area contributed by atoms with E-state index in [9.17, 15) is 18.0 Å². The van der Waals surface area contributed by atoms with E-state index in [1.54, 1.807) is 20.1 Å². The van der Waals surface area contributed by atoms with Gasteiger partial charge >= 0.3 is 6.18 Å². The summed E-state index contributed by atoms with van der Waals surface area (Å²) in [5, 5.41) is 3.60. The minimum absolute atomic E-state index is 0.0862. The van der Waals surface area contributed by atoms with Gasteiger partial charge in [0.25, 0.3) is 0 Å². The fourth-order valence-electron chi connectivity index (χ4n) is 6.83. The predicted molar refractivity (Wildman–Crippen MR) is 144 cm³/mol. The van der Waals surface area contributed by atoms with E-state index in [2.05, 4.69) is 28.4 Å². The van der Waals surface area contributed by atoms with Gasteiger partial charge in [-0.15, -0.1) is 0 Å². The molecule has 9 heteroatoms. The van der Waals surface area contributed by atoms with Crippen molar-refractivity contribution in [3.05, 3.63) is 53.6 Å². The second kappa shape index (κ2) is 12.0. The normalized spacial score (nSPS) is 29.2. The first-order valence-electron chi connectivity index (χ1n) is 14.2. The number of benzene rings is 1. The SMILES string of the molecule is COCCN(C[C@H]1CC[C@@H]2[C@H](O1)c1cc(C(F)(F)F)ccc1N[C@H]2C1C=CC=CC1)C1CCN(C(C)=O)CC1. The summed E-state index contributed by atoms with van der Waals surface area (Å²) in [4.78, 5) is 16.1. The van der Waals surface area contributed by atoms with E-state index in [1.165, 1.54) is 12.1 Å². The highest BCUT2D eigenvalue weighted by molar-refractivity contribution is 5.73. The highest BCUT2D eigenvalue weighted by Crippen LogP contribution is 2.49. The van der Waals surface area contributed by atoms with E-state index in [0.29, 0.717) is 24.8 Å². The Labute approximate surface area is 229 Å². The number of fused-ring (bicyclic) bond motifs is 3. The van der Waals surface area contributed by atoms with Crippen molar-refractivity contribution in [1.29, 1.82) is 0 Å². The molecule has 0 spiro atoms. The molecule has 1 unspecified atom stereocenters. The predicted octanol–water partition coefficient (Wildman–Crippen LogP) is 5.43. The van der Waals surface area contributed by atoms with Crippen LogP contribution in [0.25, 0.3) is 0 Å². The fraction of sp³-hybridized carbons (Fsp3) is 0.633. The van der Waals surface area contributed by atoms with Crippen molar-refractivity contribution in [1.82, 2.24) is 9.80 Å². The molecule has 0 aromatic heterocycles. The number of hydrogen-bond acceptors (Lipinski definition) is 5. The third-order valence-electron chi connectivity index (χ3n) is 8.94. The van der Waals surface area contributed by atoms with Crippen LogP contribution in [0, 0.1) is 11.8 Å². The molecule has 5 atom stereocenters. The van der Waals surface area contributed by atoms with E-state index in [-0.39, 0.29) is 29.9 Å². The lowest BCUT2D eigenvalue weighted by atomic mass is 9.73. The minimum Gasteiger partial charge on any atom is -0.383 e. The van der Waals surface area contributed by atoms with Crippen LogP contribution in [0.2, 0.25) is 0 Å². The lowest BCUT2D eigenvalue weighted by molar-refractivity contribution is -0.138. The van der Waals surface area contributed by atoms with Crippen molar-refractivity contribution in [2.24, 2.45) is 11.8 Å². The molecule has 3 heterocycles. The number of allylic oxidation sites excluding steroid dienone is 3. The number of amides is 1. The smallest absolute Gasteiger partial charge is 0.383 e. The van der Waals surface area contributed by atoms with Gasteiger partial charge < -0.3 is 19.7 Å². The van der Waals surface area contributed by atoms with Crippen LogP contribution < -0.4 is 5.32 Å². The molecule has 0 bridgehead atoms.